The number of aryl methyl sites for hydroxylation is 1. The summed E-state index contributed by atoms with van der Waals surface area (Å²) in [7, 11) is 0. The molecule has 8 nitrogen and oxygen atoms in total. The molecule has 1 aromatic heterocycles. The van der Waals surface area contributed by atoms with E-state index in [9.17, 15) is 9.59 Å². The van der Waals surface area contributed by atoms with Crippen LogP contribution in [0.4, 0.5) is 4.79 Å². The van der Waals surface area contributed by atoms with Crippen LogP contribution in [0.15, 0.2) is 53.7 Å². The van der Waals surface area contributed by atoms with Gasteiger partial charge >= 0.3 is 6.03 Å². The predicted molar refractivity (Wildman–Crippen MR) is 116 cm³/mol. The summed E-state index contributed by atoms with van der Waals surface area (Å²) in [6.45, 7) is 6.18. The lowest BCUT2D eigenvalue weighted by Crippen LogP contribution is -2.39. The van der Waals surface area contributed by atoms with Gasteiger partial charge in [0.1, 0.15) is 5.75 Å². The van der Waals surface area contributed by atoms with Crippen LogP contribution < -0.4 is 15.8 Å². The summed E-state index contributed by atoms with van der Waals surface area (Å²) < 4.78 is 7.41. The number of carbonyl (C=O) groups excluding carboxylic acids is 2. The average molecular weight is 426 g/mol. The molecule has 0 bridgehead atoms. The molecule has 0 saturated carbocycles. The van der Waals surface area contributed by atoms with E-state index < -0.39 is 17.2 Å². The number of aromatic nitrogens is 3. The molecule has 0 spiro atoms. The Balaban J connectivity index is 2.02. The van der Waals surface area contributed by atoms with Crippen molar-refractivity contribution in [1.29, 1.82) is 0 Å². The van der Waals surface area contributed by atoms with Gasteiger partial charge in [0.2, 0.25) is 5.91 Å². The molecule has 1 unspecified atom stereocenters. The Labute approximate surface area is 178 Å². The molecule has 0 aliphatic rings. The summed E-state index contributed by atoms with van der Waals surface area (Å²) in [5.41, 5.74) is 7.87. The van der Waals surface area contributed by atoms with Crippen molar-refractivity contribution < 1.29 is 14.3 Å². The Bertz CT molecular complexity index is 1050. The number of hydrogen-bond acceptors (Lipinski definition) is 6. The summed E-state index contributed by atoms with van der Waals surface area (Å²) in [4.78, 5) is 23.1. The van der Waals surface area contributed by atoms with Gasteiger partial charge in [0.15, 0.2) is 11.0 Å². The van der Waals surface area contributed by atoms with E-state index in [-0.39, 0.29) is 0 Å². The summed E-state index contributed by atoms with van der Waals surface area (Å²) in [5.74, 6) is 0.911. The third-order valence-corrected chi connectivity index (χ3v) is 5.26. The number of nitrogens with two attached hydrogens (primary N) is 1. The van der Waals surface area contributed by atoms with E-state index in [0.717, 1.165) is 22.6 Å². The van der Waals surface area contributed by atoms with Crippen molar-refractivity contribution in [3.05, 3.63) is 54.1 Å². The lowest BCUT2D eigenvalue weighted by Gasteiger charge is -2.14. The van der Waals surface area contributed by atoms with Gasteiger partial charge in [0, 0.05) is 11.3 Å². The molecule has 156 valence electrons. The lowest BCUT2D eigenvalue weighted by atomic mass is 10.1. The molecule has 2 aromatic carbocycles. The number of rotatable bonds is 7. The van der Waals surface area contributed by atoms with Crippen molar-refractivity contribution in [1.82, 2.24) is 20.1 Å². The number of urea groups is 1. The second kappa shape index (κ2) is 9.45. The zero-order valence-corrected chi connectivity index (χ0v) is 17.8. The summed E-state index contributed by atoms with van der Waals surface area (Å²) >= 11 is 1.19. The second-order valence-corrected chi connectivity index (χ2v) is 7.86. The fourth-order valence-corrected chi connectivity index (χ4v) is 3.71. The molecule has 1 atom stereocenters. The molecular weight excluding hydrogens is 402 g/mol. The highest BCUT2D eigenvalue weighted by Gasteiger charge is 2.22. The summed E-state index contributed by atoms with van der Waals surface area (Å²) in [5, 5.41) is 10.7. The SMILES string of the molecule is CCOc1ccc(-n2c(SC(C)C(=O)NC(N)=O)nnc2-c2cccc(C)c2)cc1. The minimum Gasteiger partial charge on any atom is -0.494 e. The van der Waals surface area contributed by atoms with Crippen LogP contribution in [-0.2, 0) is 4.79 Å². The zero-order valence-electron chi connectivity index (χ0n) is 17.0. The largest absolute Gasteiger partial charge is 0.494 e. The molecule has 3 aromatic rings. The highest BCUT2D eigenvalue weighted by Crippen LogP contribution is 2.31. The number of amides is 3. The Morgan fingerprint density at radius 3 is 2.57 bits per heavy atom. The number of benzene rings is 2. The quantitative estimate of drug-likeness (QED) is 0.562. The van der Waals surface area contributed by atoms with Gasteiger partial charge in [-0.1, -0.05) is 35.5 Å². The first kappa shape index (κ1) is 21.4. The smallest absolute Gasteiger partial charge is 0.318 e. The maximum absolute atomic E-state index is 12.1. The van der Waals surface area contributed by atoms with Gasteiger partial charge in [-0.15, -0.1) is 10.2 Å². The molecule has 0 aliphatic carbocycles. The van der Waals surface area contributed by atoms with Crippen LogP contribution in [0.3, 0.4) is 0 Å². The number of imide groups is 1. The minimum atomic E-state index is -0.888. The van der Waals surface area contributed by atoms with Crippen LogP contribution in [0, 0.1) is 6.92 Å². The first-order valence-corrected chi connectivity index (χ1v) is 10.3. The molecule has 0 saturated heterocycles. The van der Waals surface area contributed by atoms with Gasteiger partial charge < -0.3 is 10.5 Å². The van der Waals surface area contributed by atoms with Crippen molar-refractivity contribution in [3.63, 3.8) is 0 Å². The number of nitrogens with one attached hydrogen (secondary N) is 1. The number of ether oxygens (including phenoxy) is 1. The van der Waals surface area contributed by atoms with Crippen molar-refractivity contribution in [2.24, 2.45) is 5.73 Å². The van der Waals surface area contributed by atoms with Gasteiger partial charge in [-0.2, -0.15) is 0 Å². The molecule has 0 aliphatic heterocycles. The lowest BCUT2D eigenvalue weighted by molar-refractivity contribution is -0.119. The van der Waals surface area contributed by atoms with Gasteiger partial charge in [-0.05, 0) is 51.1 Å². The van der Waals surface area contributed by atoms with Crippen molar-refractivity contribution in [3.8, 4) is 22.8 Å². The van der Waals surface area contributed by atoms with E-state index >= 15 is 0 Å². The van der Waals surface area contributed by atoms with Crippen LogP contribution >= 0.6 is 11.8 Å². The number of thioether (sulfide) groups is 1. The summed E-state index contributed by atoms with van der Waals surface area (Å²) in [6, 6.07) is 14.6. The minimum absolute atomic E-state index is 0.495. The van der Waals surface area contributed by atoms with Crippen molar-refractivity contribution in [2.75, 3.05) is 6.61 Å². The Kier molecular flexibility index (Phi) is 6.73. The number of carbonyl (C=O) groups is 2. The maximum atomic E-state index is 12.1. The van der Waals surface area contributed by atoms with E-state index in [1.165, 1.54) is 11.8 Å². The van der Waals surface area contributed by atoms with E-state index in [4.69, 9.17) is 10.5 Å². The molecule has 1 heterocycles. The monoisotopic (exact) mass is 425 g/mol. The van der Waals surface area contributed by atoms with E-state index in [1.807, 2.05) is 66.9 Å². The summed E-state index contributed by atoms with van der Waals surface area (Å²) in [6.07, 6.45) is 0. The maximum Gasteiger partial charge on any atom is 0.318 e. The Hall–Kier alpha value is -3.33. The fourth-order valence-electron chi connectivity index (χ4n) is 2.84. The first-order valence-electron chi connectivity index (χ1n) is 9.41. The fraction of sp³-hybridized carbons (Fsp3) is 0.238. The predicted octanol–water partition coefficient (Wildman–Crippen LogP) is 3.32. The zero-order chi connectivity index (χ0) is 21.7. The highest BCUT2D eigenvalue weighted by atomic mass is 32.2. The molecule has 3 rings (SSSR count). The Morgan fingerprint density at radius 2 is 1.93 bits per heavy atom. The van der Waals surface area contributed by atoms with E-state index in [1.54, 1.807) is 6.92 Å². The number of primary amides is 1. The van der Waals surface area contributed by atoms with Gasteiger partial charge in [0.05, 0.1) is 11.9 Å². The normalized spacial score (nSPS) is 11.7. The highest BCUT2D eigenvalue weighted by molar-refractivity contribution is 8.00. The van der Waals surface area contributed by atoms with E-state index in [2.05, 4.69) is 15.5 Å². The van der Waals surface area contributed by atoms with Crippen LogP contribution in [0.1, 0.15) is 19.4 Å². The first-order chi connectivity index (χ1) is 14.4. The molecule has 9 heteroatoms. The standard InChI is InChI=1S/C21H23N5O3S/c1-4-29-17-10-8-16(9-11-17)26-18(15-7-5-6-13(2)12-15)24-25-21(26)30-14(3)19(27)23-20(22)28/h5-12,14H,4H2,1-3H3,(H3,22,23,27,28). The third kappa shape index (κ3) is 4.98. The Morgan fingerprint density at radius 1 is 1.20 bits per heavy atom. The third-order valence-electron chi connectivity index (χ3n) is 4.21. The van der Waals surface area contributed by atoms with Crippen LogP contribution in [-0.4, -0.2) is 38.6 Å². The molecule has 0 fully saturated rings. The van der Waals surface area contributed by atoms with Gasteiger partial charge in [0.25, 0.3) is 0 Å². The molecule has 3 amide bonds. The molecule has 3 N–H and O–H groups in total. The molecule has 30 heavy (non-hydrogen) atoms. The van der Waals surface area contributed by atoms with Crippen molar-refractivity contribution >= 4 is 23.7 Å². The number of nitrogens with zero attached hydrogens (tertiary/aromatic N) is 3. The molecular formula is C21H23N5O3S. The second-order valence-electron chi connectivity index (χ2n) is 6.55. The topological polar surface area (TPSA) is 112 Å². The number of hydrogen-bond donors (Lipinski definition) is 2. The average Bonchev–Trinajstić information content (AvgIpc) is 3.12. The van der Waals surface area contributed by atoms with Crippen molar-refractivity contribution in [2.45, 2.75) is 31.2 Å². The van der Waals surface area contributed by atoms with Gasteiger partial charge in [-0.3, -0.25) is 14.7 Å². The van der Waals surface area contributed by atoms with Crippen LogP contribution in [0.25, 0.3) is 17.1 Å². The van der Waals surface area contributed by atoms with Crippen LogP contribution in [0.5, 0.6) is 5.75 Å². The van der Waals surface area contributed by atoms with Crippen LogP contribution in [0.2, 0.25) is 0 Å². The van der Waals surface area contributed by atoms with Gasteiger partial charge in [-0.25, -0.2) is 4.79 Å². The molecule has 0 radical (unpaired) electrons. The van der Waals surface area contributed by atoms with E-state index in [0.29, 0.717) is 17.6 Å².